The van der Waals surface area contributed by atoms with Crippen LogP contribution in [0.5, 0.6) is 0 Å². The Morgan fingerprint density at radius 2 is 2.06 bits per heavy atom. The van der Waals surface area contributed by atoms with Gasteiger partial charge >= 0.3 is 0 Å². The third-order valence-electron chi connectivity index (χ3n) is 2.44. The van der Waals surface area contributed by atoms with Gasteiger partial charge in [-0.1, -0.05) is 17.7 Å². The highest BCUT2D eigenvalue weighted by Crippen LogP contribution is 2.23. The first-order valence-electron chi connectivity index (χ1n) is 5.33. The van der Waals surface area contributed by atoms with Gasteiger partial charge in [-0.15, -0.1) is 11.3 Å². The van der Waals surface area contributed by atoms with Crippen molar-refractivity contribution in [3.05, 3.63) is 52.4 Å². The Morgan fingerprint density at radius 1 is 1.28 bits per heavy atom. The maximum atomic E-state index is 12.0. The maximum absolute atomic E-state index is 12.0. The summed E-state index contributed by atoms with van der Waals surface area (Å²) in [6.45, 7) is 1.91. The van der Waals surface area contributed by atoms with E-state index < -0.39 is 5.91 Å². The number of primary amides is 1. The number of anilines is 1. The number of nitrogens with two attached hydrogens (primary N) is 1. The minimum Gasteiger partial charge on any atom is -0.366 e. The molecule has 18 heavy (non-hydrogen) atoms. The van der Waals surface area contributed by atoms with Gasteiger partial charge in [-0.3, -0.25) is 9.59 Å². The molecule has 0 unspecified atom stereocenters. The van der Waals surface area contributed by atoms with Crippen molar-refractivity contribution in [3.63, 3.8) is 0 Å². The summed E-state index contributed by atoms with van der Waals surface area (Å²) in [4.78, 5) is 23.1. The average molecular weight is 260 g/mol. The van der Waals surface area contributed by atoms with E-state index in [1.807, 2.05) is 19.1 Å². The minimum absolute atomic E-state index is 0.247. The van der Waals surface area contributed by atoms with Crippen LogP contribution in [0, 0.1) is 6.92 Å². The van der Waals surface area contributed by atoms with Crippen molar-refractivity contribution in [1.82, 2.24) is 0 Å². The molecule has 0 aliphatic carbocycles. The second-order valence-corrected chi connectivity index (χ2v) is 4.77. The third kappa shape index (κ3) is 2.57. The van der Waals surface area contributed by atoms with Gasteiger partial charge in [-0.05, 0) is 30.5 Å². The molecule has 3 N–H and O–H groups in total. The Morgan fingerprint density at radius 3 is 2.72 bits per heavy atom. The molecular formula is C13H12N2O2S. The van der Waals surface area contributed by atoms with Crippen LogP contribution >= 0.6 is 11.3 Å². The second-order valence-electron chi connectivity index (χ2n) is 3.85. The molecule has 0 spiro atoms. The first kappa shape index (κ1) is 12.3. The van der Waals surface area contributed by atoms with Gasteiger partial charge in [0.15, 0.2) is 0 Å². The molecule has 0 aliphatic rings. The number of carbonyl (C=O) groups is 2. The Labute approximate surface area is 108 Å². The van der Waals surface area contributed by atoms with E-state index in [0.717, 1.165) is 5.56 Å². The van der Waals surface area contributed by atoms with E-state index >= 15 is 0 Å². The molecule has 2 rings (SSSR count). The number of nitrogens with one attached hydrogen (secondary N) is 1. The number of aryl methyl sites for hydroxylation is 1. The number of benzene rings is 1. The number of thiophene rings is 1. The normalized spacial score (nSPS) is 10.1. The van der Waals surface area contributed by atoms with Crippen LogP contribution in [0.15, 0.2) is 35.7 Å². The summed E-state index contributed by atoms with van der Waals surface area (Å²) < 4.78 is 0. The lowest BCUT2D eigenvalue weighted by Gasteiger charge is -2.05. The highest BCUT2D eigenvalue weighted by atomic mass is 32.1. The molecule has 0 saturated carbocycles. The molecule has 1 aromatic heterocycles. The Hall–Kier alpha value is -2.14. The summed E-state index contributed by atoms with van der Waals surface area (Å²) in [5.74, 6) is -0.792. The molecule has 0 radical (unpaired) electrons. The standard InChI is InChI=1S/C13H12N2O2S/c1-8-3-2-4-9(7-8)12(17)15-13-10(11(14)16)5-6-18-13/h2-7H,1H3,(H2,14,16)(H,15,17). The summed E-state index contributed by atoms with van der Waals surface area (Å²) in [7, 11) is 0. The fraction of sp³-hybridized carbons (Fsp3) is 0.0769. The average Bonchev–Trinajstić information content (AvgIpc) is 2.77. The van der Waals surface area contributed by atoms with Gasteiger partial charge < -0.3 is 11.1 Å². The monoisotopic (exact) mass is 260 g/mol. The van der Waals surface area contributed by atoms with Crippen molar-refractivity contribution in [3.8, 4) is 0 Å². The van der Waals surface area contributed by atoms with Crippen molar-refractivity contribution in [2.24, 2.45) is 5.73 Å². The van der Waals surface area contributed by atoms with Gasteiger partial charge in [0.2, 0.25) is 0 Å². The van der Waals surface area contributed by atoms with E-state index in [1.165, 1.54) is 11.3 Å². The van der Waals surface area contributed by atoms with Crippen LogP contribution in [0.4, 0.5) is 5.00 Å². The summed E-state index contributed by atoms with van der Waals surface area (Å²) in [5, 5.41) is 4.89. The molecule has 4 nitrogen and oxygen atoms in total. The lowest BCUT2D eigenvalue weighted by Crippen LogP contribution is -2.16. The fourth-order valence-electron chi connectivity index (χ4n) is 1.56. The number of hydrogen-bond donors (Lipinski definition) is 2. The zero-order chi connectivity index (χ0) is 13.1. The zero-order valence-corrected chi connectivity index (χ0v) is 10.6. The number of carbonyl (C=O) groups excluding carboxylic acids is 2. The number of amides is 2. The molecule has 92 valence electrons. The molecule has 1 aromatic carbocycles. The van der Waals surface area contributed by atoms with Crippen LogP contribution in [0.25, 0.3) is 0 Å². The first-order valence-corrected chi connectivity index (χ1v) is 6.21. The van der Waals surface area contributed by atoms with Crippen LogP contribution < -0.4 is 11.1 Å². The van der Waals surface area contributed by atoms with E-state index in [4.69, 9.17) is 5.73 Å². The van der Waals surface area contributed by atoms with Crippen LogP contribution in [-0.4, -0.2) is 11.8 Å². The highest BCUT2D eigenvalue weighted by molar-refractivity contribution is 7.14. The van der Waals surface area contributed by atoms with Crippen molar-refractivity contribution >= 4 is 28.2 Å². The SMILES string of the molecule is Cc1cccc(C(=O)Nc2sccc2C(N)=O)c1. The molecule has 2 aromatic rings. The van der Waals surface area contributed by atoms with E-state index in [0.29, 0.717) is 16.1 Å². The fourth-order valence-corrected chi connectivity index (χ4v) is 2.35. The highest BCUT2D eigenvalue weighted by Gasteiger charge is 2.13. The minimum atomic E-state index is -0.546. The predicted molar refractivity (Wildman–Crippen MR) is 72.0 cm³/mol. The van der Waals surface area contributed by atoms with Crippen molar-refractivity contribution < 1.29 is 9.59 Å². The molecule has 0 fully saturated rings. The van der Waals surface area contributed by atoms with Crippen molar-refractivity contribution in [2.45, 2.75) is 6.92 Å². The summed E-state index contributed by atoms with van der Waals surface area (Å²) in [6.07, 6.45) is 0. The maximum Gasteiger partial charge on any atom is 0.256 e. The smallest absolute Gasteiger partial charge is 0.256 e. The first-order chi connectivity index (χ1) is 8.58. The van der Waals surface area contributed by atoms with Crippen LogP contribution in [0.2, 0.25) is 0 Å². The lowest BCUT2D eigenvalue weighted by atomic mass is 10.1. The summed E-state index contributed by atoms with van der Waals surface area (Å²) >= 11 is 1.27. The topological polar surface area (TPSA) is 72.2 Å². The zero-order valence-electron chi connectivity index (χ0n) is 9.77. The van der Waals surface area contributed by atoms with Crippen molar-refractivity contribution in [2.75, 3.05) is 5.32 Å². The molecular weight excluding hydrogens is 248 g/mol. The van der Waals surface area contributed by atoms with Crippen LogP contribution in [0.1, 0.15) is 26.3 Å². The van der Waals surface area contributed by atoms with Crippen molar-refractivity contribution in [1.29, 1.82) is 0 Å². The van der Waals surface area contributed by atoms with Gasteiger partial charge in [0.25, 0.3) is 11.8 Å². The lowest BCUT2D eigenvalue weighted by molar-refractivity contribution is 0.100. The largest absolute Gasteiger partial charge is 0.366 e. The Bertz CT molecular complexity index is 605. The van der Waals surface area contributed by atoms with Gasteiger partial charge in [-0.25, -0.2) is 0 Å². The van der Waals surface area contributed by atoms with Crippen LogP contribution in [-0.2, 0) is 0 Å². The molecule has 0 bridgehead atoms. The van der Waals surface area contributed by atoms with Crippen LogP contribution in [0.3, 0.4) is 0 Å². The molecule has 0 aliphatic heterocycles. The van der Waals surface area contributed by atoms with E-state index in [-0.39, 0.29) is 5.91 Å². The Balaban J connectivity index is 2.21. The molecule has 0 atom stereocenters. The number of hydrogen-bond acceptors (Lipinski definition) is 3. The number of rotatable bonds is 3. The predicted octanol–water partition coefficient (Wildman–Crippen LogP) is 2.41. The quantitative estimate of drug-likeness (QED) is 0.889. The van der Waals surface area contributed by atoms with Gasteiger partial charge in [0.05, 0.1) is 5.56 Å². The molecule has 1 heterocycles. The third-order valence-corrected chi connectivity index (χ3v) is 3.27. The summed E-state index contributed by atoms with van der Waals surface area (Å²) in [6, 6.07) is 8.83. The van der Waals surface area contributed by atoms with Gasteiger partial charge in [0.1, 0.15) is 5.00 Å². The van der Waals surface area contributed by atoms with E-state index in [1.54, 1.807) is 23.6 Å². The van der Waals surface area contributed by atoms with E-state index in [9.17, 15) is 9.59 Å². The molecule has 2 amide bonds. The second kappa shape index (κ2) is 5.01. The van der Waals surface area contributed by atoms with Gasteiger partial charge in [0, 0.05) is 5.56 Å². The van der Waals surface area contributed by atoms with Gasteiger partial charge in [-0.2, -0.15) is 0 Å². The molecule has 5 heteroatoms. The molecule has 0 saturated heterocycles. The Kier molecular flexibility index (Phi) is 3.43. The van der Waals surface area contributed by atoms with E-state index in [2.05, 4.69) is 5.32 Å². The summed E-state index contributed by atoms with van der Waals surface area (Å²) in [5.41, 5.74) is 7.11.